The van der Waals surface area contributed by atoms with Gasteiger partial charge >= 0.3 is 205 Å². The molecule has 2 unspecified atom stereocenters. The molecule has 1 heterocycles. The van der Waals surface area contributed by atoms with Crippen molar-refractivity contribution in [1.29, 1.82) is 0 Å². The van der Waals surface area contributed by atoms with Crippen molar-refractivity contribution in [1.82, 2.24) is 5.32 Å². The van der Waals surface area contributed by atoms with Crippen molar-refractivity contribution in [2.45, 2.75) is 53.0 Å². The molecule has 0 saturated heterocycles. The Balaban J connectivity index is 1.82. The van der Waals surface area contributed by atoms with Crippen molar-refractivity contribution in [3.05, 3.63) is 99.8 Å². The van der Waals surface area contributed by atoms with Crippen LogP contribution >= 0.6 is 11.3 Å². The molecule has 0 aliphatic rings. The van der Waals surface area contributed by atoms with E-state index in [1.165, 1.54) is 21.6 Å². The summed E-state index contributed by atoms with van der Waals surface area (Å²) in [7, 11) is 4.42. The van der Waals surface area contributed by atoms with Gasteiger partial charge in [-0.15, -0.1) is 0 Å². The third-order valence-corrected chi connectivity index (χ3v) is 6.76. The molecule has 2 nitrogen and oxygen atoms in total. The molecule has 0 aliphatic heterocycles. The molecule has 170 valence electrons. The first kappa shape index (κ1) is 24.9. The van der Waals surface area contributed by atoms with Crippen LogP contribution in [0.1, 0.15) is 48.8 Å². The fraction of sp³-hybridized carbons (Fsp3) is 0.310. The second kappa shape index (κ2) is 12.5. The van der Waals surface area contributed by atoms with Crippen molar-refractivity contribution >= 4 is 35.8 Å². The molecule has 0 amide bonds. The fourth-order valence-corrected chi connectivity index (χ4v) is 4.52. The van der Waals surface area contributed by atoms with E-state index in [9.17, 15) is 0 Å². The molecule has 0 bridgehead atoms. The van der Waals surface area contributed by atoms with Gasteiger partial charge in [-0.3, -0.25) is 0 Å². The van der Waals surface area contributed by atoms with Crippen molar-refractivity contribution in [2.75, 3.05) is 0 Å². The second-order valence-corrected chi connectivity index (χ2v) is 9.68. The zero-order valence-corrected chi connectivity index (χ0v) is 21.2. The molecule has 2 atom stereocenters. The van der Waals surface area contributed by atoms with Gasteiger partial charge in [-0.05, 0) is 0 Å². The first-order valence-electron chi connectivity index (χ1n) is 11.8. The number of rotatable bonds is 11. The van der Waals surface area contributed by atoms with Crippen LogP contribution in [-0.2, 0) is 12.8 Å². The van der Waals surface area contributed by atoms with E-state index in [0.29, 0.717) is 5.92 Å². The Kier molecular flexibility index (Phi) is 9.44. The molecule has 2 aromatic carbocycles. The van der Waals surface area contributed by atoms with E-state index < -0.39 is 0 Å². The van der Waals surface area contributed by atoms with E-state index in [-0.39, 0.29) is 6.04 Å². The molecular formula is C29H35BN2S. The number of aliphatic imine (C=N–C) groups is 1. The normalized spacial score (nSPS) is 14.0. The Morgan fingerprint density at radius 2 is 1.70 bits per heavy atom. The molecule has 0 radical (unpaired) electrons. The Morgan fingerprint density at radius 3 is 2.33 bits per heavy atom. The summed E-state index contributed by atoms with van der Waals surface area (Å²) in [5, 5.41) is 5.85. The van der Waals surface area contributed by atoms with E-state index in [1.807, 2.05) is 0 Å². The maximum atomic E-state index is 5.10. The zero-order chi connectivity index (χ0) is 23.6. The number of aryl methyl sites for hydroxylation is 1. The van der Waals surface area contributed by atoms with E-state index in [4.69, 9.17) is 4.99 Å². The standard InChI is InChI=1S/C29H35BN2S/c1-5-10-26(28-13-9-18-33-28)31-23(4)27(20-25-16-14-21(2)15-17-25)32-29(30)22(3)19-24-11-7-6-8-12-24/h6-18,22,27,30,32H,5,19-20H2,1-4H3/b26-10-,31-23+. The van der Waals surface area contributed by atoms with E-state index >= 15 is 0 Å². The summed E-state index contributed by atoms with van der Waals surface area (Å²) in [5.41, 5.74) is 7.11. The van der Waals surface area contributed by atoms with E-state index in [0.717, 1.165) is 36.3 Å². The summed E-state index contributed by atoms with van der Waals surface area (Å²) in [4.78, 5) is 6.31. The zero-order valence-electron chi connectivity index (χ0n) is 20.3. The van der Waals surface area contributed by atoms with Crippen LogP contribution in [0.3, 0.4) is 0 Å². The van der Waals surface area contributed by atoms with E-state index in [2.05, 4.69) is 119 Å². The maximum absolute atomic E-state index is 5.10. The van der Waals surface area contributed by atoms with E-state index in [1.54, 1.807) is 11.3 Å². The molecule has 1 N–H and O–H groups in total. The van der Waals surface area contributed by atoms with Gasteiger partial charge in [0.25, 0.3) is 0 Å². The van der Waals surface area contributed by atoms with Crippen LogP contribution in [-0.4, -0.2) is 24.8 Å². The van der Waals surface area contributed by atoms with Crippen LogP contribution in [0.4, 0.5) is 0 Å². The van der Waals surface area contributed by atoms with Gasteiger partial charge in [0.1, 0.15) is 0 Å². The molecule has 0 saturated carbocycles. The summed E-state index contributed by atoms with van der Waals surface area (Å²) in [5.74, 6) is 0.323. The van der Waals surface area contributed by atoms with Crippen LogP contribution in [0.25, 0.3) is 5.70 Å². The molecule has 0 fully saturated rings. The number of nitrogens with one attached hydrogen (secondary N) is 1. The SMILES string of the molecule is B=C(NC(Cc1ccc(C)cc1)/C(C)=N/C(=C\CC)c1cccs1)C(C)Cc1ccccc1. The topological polar surface area (TPSA) is 24.4 Å². The van der Waals surface area contributed by atoms with Crippen LogP contribution in [0.15, 0.2) is 83.2 Å². The summed E-state index contributed by atoms with van der Waals surface area (Å²) in [6, 6.07) is 23.7. The van der Waals surface area contributed by atoms with Crippen molar-refractivity contribution < 1.29 is 0 Å². The van der Waals surface area contributed by atoms with Gasteiger partial charge < -0.3 is 0 Å². The number of benzene rings is 2. The molecule has 4 heteroatoms. The van der Waals surface area contributed by atoms with Gasteiger partial charge in [-0.25, -0.2) is 0 Å². The molecule has 3 rings (SSSR count). The molecule has 1 aromatic heterocycles. The van der Waals surface area contributed by atoms with Gasteiger partial charge in [-0.1, -0.05) is 0 Å². The van der Waals surface area contributed by atoms with Crippen molar-refractivity contribution in [3.8, 4) is 0 Å². The Morgan fingerprint density at radius 1 is 1.00 bits per heavy atom. The van der Waals surface area contributed by atoms with Crippen molar-refractivity contribution in [3.63, 3.8) is 0 Å². The first-order valence-corrected chi connectivity index (χ1v) is 12.7. The first-order chi connectivity index (χ1) is 16.0. The number of nitrogens with zero attached hydrogens (tertiary/aromatic N) is 1. The molecule has 33 heavy (non-hydrogen) atoms. The van der Waals surface area contributed by atoms with Gasteiger partial charge in [0.15, 0.2) is 0 Å². The summed E-state index contributed by atoms with van der Waals surface area (Å²) >= 11 is 1.74. The molecule has 3 aromatic rings. The van der Waals surface area contributed by atoms with Crippen LogP contribution in [0.2, 0.25) is 0 Å². The number of thiophene rings is 1. The number of allylic oxidation sites excluding steroid dienone is 1. The average molecular weight is 454 g/mol. The molecule has 0 aliphatic carbocycles. The Bertz CT molecular complexity index is 1070. The third kappa shape index (κ3) is 7.68. The summed E-state index contributed by atoms with van der Waals surface area (Å²) in [6.07, 6.45) is 5.01. The minimum absolute atomic E-state index is 0.0821. The van der Waals surface area contributed by atoms with Gasteiger partial charge in [-0.2, -0.15) is 0 Å². The van der Waals surface area contributed by atoms with Gasteiger partial charge in [0.2, 0.25) is 0 Å². The predicted octanol–water partition coefficient (Wildman–Crippen LogP) is 6.38. The quantitative estimate of drug-likeness (QED) is 0.264. The number of hydrogen-bond donors (Lipinski definition) is 1. The third-order valence-electron chi connectivity index (χ3n) is 5.87. The molecule has 0 spiro atoms. The van der Waals surface area contributed by atoms with Gasteiger partial charge in [0, 0.05) is 0 Å². The summed E-state index contributed by atoms with van der Waals surface area (Å²) in [6.45, 7) is 8.67. The average Bonchev–Trinajstić information content (AvgIpc) is 3.35. The molecular weight excluding hydrogens is 419 g/mol. The summed E-state index contributed by atoms with van der Waals surface area (Å²) < 4.78 is 0. The van der Waals surface area contributed by atoms with Crippen LogP contribution in [0, 0.1) is 12.8 Å². The Labute approximate surface area is 204 Å². The van der Waals surface area contributed by atoms with Crippen LogP contribution < -0.4 is 5.32 Å². The van der Waals surface area contributed by atoms with Crippen LogP contribution in [0.5, 0.6) is 0 Å². The minimum atomic E-state index is 0.0821. The fourth-order valence-electron chi connectivity index (χ4n) is 3.81. The number of hydrogen-bond acceptors (Lipinski definition) is 3. The van der Waals surface area contributed by atoms with Crippen molar-refractivity contribution in [2.24, 2.45) is 10.9 Å². The predicted molar refractivity (Wildman–Crippen MR) is 149 cm³/mol. The Hall–Kier alpha value is -2.72. The van der Waals surface area contributed by atoms with Gasteiger partial charge in [0.05, 0.1) is 0 Å². The second-order valence-electron chi connectivity index (χ2n) is 8.73. The monoisotopic (exact) mass is 454 g/mol.